The molecule has 2 aliphatic carbocycles. The Morgan fingerprint density at radius 3 is 2.56 bits per heavy atom. The molecule has 3 nitrogen and oxygen atoms in total. The van der Waals surface area contributed by atoms with Gasteiger partial charge in [-0.2, -0.15) is 0 Å². The smallest absolute Gasteiger partial charge is 0.124 e. The second kappa shape index (κ2) is 3.44. The minimum absolute atomic E-state index is 0.154. The Labute approximate surface area is 97.4 Å². The molecule has 1 aliphatic heterocycles. The summed E-state index contributed by atoms with van der Waals surface area (Å²) in [4.78, 5) is 0. The van der Waals surface area contributed by atoms with Gasteiger partial charge in [-0.25, -0.2) is 0 Å². The SMILES string of the molecule is COC[C@]12O[C@@H](C)C(CC13CCC3)[C@H]2OC. The molecule has 1 saturated heterocycles. The van der Waals surface area contributed by atoms with Crippen LogP contribution >= 0.6 is 0 Å². The molecule has 3 aliphatic rings. The molecule has 0 aromatic heterocycles. The number of methoxy groups -OCH3 is 2. The first kappa shape index (κ1) is 11.0. The van der Waals surface area contributed by atoms with Gasteiger partial charge in [0.25, 0.3) is 0 Å². The first-order valence-corrected chi connectivity index (χ1v) is 6.39. The molecule has 16 heavy (non-hydrogen) atoms. The molecule has 0 amide bonds. The number of fused-ring (bicyclic) bond motifs is 3. The molecular formula is C13H22O3. The van der Waals surface area contributed by atoms with Crippen LogP contribution in [0.4, 0.5) is 0 Å². The first-order valence-electron chi connectivity index (χ1n) is 6.39. The summed E-state index contributed by atoms with van der Waals surface area (Å²) in [6.07, 6.45) is 5.76. The van der Waals surface area contributed by atoms with Crippen molar-refractivity contribution in [1.29, 1.82) is 0 Å². The van der Waals surface area contributed by atoms with Crippen molar-refractivity contribution in [2.45, 2.75) is 50.4 Å². The lowest BCUT2D eigenvalue weighted by Gasteiger charge is -2.53. The molecule has 0 aromatic carbocycles. The fraction of sp³-hybridized carbons (Fsp3) is 1.00. The molecule has 0 N–H and O–H groups in total. The molecule has 2 bridgehead atoms. The van der Waals surface area contributed by atoms with Crippen LogP contribution in [-0.2, 0) is 14.2 Å². The van der Waals surface area contributed by atoms with E-state index < -0.39 is 0 Å². The monoisotopic (exact) mass is 226 g/mol. The molecule has 4 atom stereocenters. The molecule has 1 heterocycles. The predicted octanol–water partition coefficient (Wildman–Crippen LogP) is 2.00. The van der Waals surface area contributed by atoms with Crippen molar-refractivity contribution >= 4 is 0 Å². The van der Waals surface area contributed by atoms with Crippen LogP contribution in [0.25, 0.3) is 0 Å². The van der Waals surface area contributed by atoms with Crippen LogP contribution < -0.4 is 0 Å². The molecule has 1 unspecified atom stereocenters. The highest BCUT2D eigenvalue weighted by Crippen LogP contribution is 2.67. The topological polar surface area (TPSA) is 27.7 Å². The summed E-state index contributed by atoms with van der Waals surface area (Å²) >= 11 is 0. The van der Waals surface area contributed by atoms with Crippen molar-refractivity contribution in [2.75, 3.05) is 20.8 Å². The molecule has 0 aromatic rings. The lowest BCUT2D eigenvalue weighted by atomic mass is 9.59. The predicted molar refractivity (Wildman–Crippen MR) is 60.3 cm³/mol. The Kier molecular flexibility index (Phi) is 2.36. The van der Waals surface area contributed by atoms with Crippen molar-refractivity contribution in [3.63, 3.8) is 0 Å². The minimum atomic E-state index is -0.154. The van der Waals surface area contributed by atoms with Gasteiger partial charge in [0, 0.05) is 25.6 Å². The van der Waals surface area contributed by atoms with E-state index in [1.165, 1.54) is 25.7 Å². The fourth-order valence-electron chi connectivity index (χ4n) is 4.48. The highest BCUT2D eigenvalue weighted by Gasteiger charge is 2.72. The summed E-state index contributed by atoms with van der Waals surface area (Å²) in [6, 6.07) is 0. The zero-order valence-electron chi connectivity index (χ0n) is 10.5. The first-order chi connectivity index (χ1) is 7.69. The van der Waals surface area contributed by atoms with Crippen molar-refractivity contribution in [3.05, 3.63) is 0 Å². The summed E-state index contributed by atoms with van der Waals surface area (Å²) < 4.78 is 17.5. The number of hydrogen-bond donors (Lipinski definition) is 0. The van der Waals surface area contributed by atoms with Crippen LogP contribution in [0.5, 0.6) is 0 Å². The zero-order valence-corrected chi connectivity index (χ0v) is 10.5. The largest absolute Gasteiger partial charge is 0.382 e. The van der Waals surface area contributed by atoms with E-state index in [1.54, 1.807) is 7.11 Å². The van der Waals surface area contributed by atoms with Gasteiger partial charge in [-0.1, -0.05) is 6.42 Å². The van der Waals surface area contributed by atoms with Gasteiger partial charge >= 0.3 is 0 Å². The molecule has 1 spiro atoms. The van der Waals surface area contributed by atoms with Gasteiger partial charge in [-0.05, 0) is 26.2 Å². The van der Waals surface area contributed by atoms with Crippen molar-refractivity contribution in [2.24, 2.45) is 11.3 Å². The average molecular weight is 226 g/mol. The molecule has 92 valence electrons. The van der Waals surface area contributed by atoms with Crippen molar-refractivity contribution in [3.8, 4) is 0 Å². The summed E-state index contributed by atoms with van der Waals surface area (Å²) in [5, 5.41) is 0. The van der Waals surface area contributed by atoms with Crippen LogP contribution in [0, 0.1) is 11.3 Å². The lowest BCUT2D eigenvalue weighted by molar-refractivity contribution is -0.216. The van der Waals surface area contributed by atoms with Crippen molar-refractivity contribution < 1.29 is 14.2 Å². The van der Waals surface area contributed by atoms with E-state index in [1.807, 2.05) is 7.11 Å². The Morgan fingerprint density at radius 1 is 1.31 bits per heavy atom. The van der Waals surface area contributed by atoms with E-state index in [0.29, 0.717) is 24.0 Å². The van der Waals surface area contributed by atoms with E-state index in [0.717, 1.165) is 0 Å². The highest BCUT2D eigenvalue weighted by atomic mass is 16.6. The summed E-state index contributed by atoms with van der Waals surface area (Å²) in [5.41, 5.74) is 0.208. The molecule has 3 heteroatoms. The number of rotatable bonds is 3. The van der Waals surface area contributed by atoms with E-state index in [4.69, 9.17) is 14.2 Å². The van der Waals surface area contributed by atoms with Gasteiger partial charge < -0.3 is 14.2 Å². The summed E-state index contributed by atoms with van der Waals surface area (Å²) in [7, 11) is 3.59. The Bertz CT molecular complexity index is 287. The Hall–Kier alpha value is -0.120. The van der Waals surface area contributed by atoms with E-state index in [9.17, 15) is 0 Å². The maximum Gasteiger partial charge on any atom is 0.124 e. The average Bonchev–Trinajstić information content (AvgIpc) is 2.62. The third-order valence-electron chi connectivity index (χ3n) is 5.30. The molecule has 2 saturated carbocycles. The highest BCUT2D eigenvalue weighted by molar-refractivity contribution is 5.21. The molecule has 0 radical (unpaired) electrons. The van der Waals surface area contributed by atoms with Crippen LogP contribution in [0.15, 0.2) is 0 Å². The minimum Gasteiger partial charge on any atom is -0.382 e. The third-order valence-corrected chi connectivity index (χ3v) is 5.30. The second-order valence-corrected chi connectivity index (χ2v) is 5.80. The van der Waals surface area contributed by atoms with E-state index >= 15 is 0 Å². The third kappa shape index (κ3) is 1.05. The Balaban J connectivity index is 1.97. The van der Waals surface area contributed by atoms with Crippen LogP contribution in [-0.4, -0.2) is 38.6 Å². The van der Waals surface area contributed by atoms with Gasteiger partial charge in [-0.15, -0.1) is 0 Å². The van der Waals surface area contributed by atoms with Crippen molar-refractivity contribution in [1.82, 2.24) is 0 Å². The Morgan fingerprint density at radius 2 is 2.06 bits per heavy atom. The van der Waals surface area contributed by atoms with Gasteiger partial charge in [-0.3, -0.25) is 0 Å². The zero-order chi connectivity index (χ0) is 11.4. The van der Waals surface area contributed by atoms with Gasteiger partial charge in [0.15, 0.2) is 0 Å². The van der Waals surface area contributed by atoms with Gasteiger partial charge in [0.1, 0.15) is 5.60 Å². The standard InChI is InChI=1S/C13H22O3/c1-9-10-7-12(5-4-6-12)13(16-9,8-14-2)11(10)15-3/h9-11H,4-8H2,1-3H3/t9-,10?,11+,13+/m0/s1. The van der Waals surface area contributed by atoms with E-state index in [2.05, 4.69) is 6.92 Å². The summed E-state index contributed by atoms with van der Waals surface area (Å²) in [6.45, 7) is 2.87. The maximum absolute atomic E-state index is 6.30. The summed E-state index contributed by atoms with van der Waals surface area (Å²) in [5.74, 6) is 0.570. The molecular weight excluding hydrogens is 204 g/mol. The number of ether oxygens (including phenoxy) is 3. The number of hydrogen-bond acceptors (Lipinski definition) is 3. The fourth-order valence-corrected chi connectivity index (χ4v) is 4.48. The van der Waals surface area contributed by atoms with Crippen LogP contribution in [0.2, 0.25) is 0 Å². The lowest BCUT2D eigenvalue weighted by Crippen LogP contribution is -2.58. The van der Waals surface area contributed by atoms with Crippen LogP contribution in [0.1, 0.15) is 32.6 Å². The maximum atomic E-state index is 6.30. The molecule has 3 rings (SSSR count). The van der Waals surface area contributed by atoms with Crippen LogP contribution in [0.3, 0.4) is 0 Å². The van der Waals surface area contributed by atoms with Gasteiger partial charge in [0.05, 0.1) is 18.8 Å². The molecule has 3 fully saturated rings. The normalized spacial score (nSPS) is 48.6. The van der Waals surface area contributed by atoms with Gasteiger partial charge in [0.2, 0.25) is 0 Å². The second-order valence-electron chi connectivity index (χ2n) is 5.80. The van der Waals surface area contributed by atoms with E-state index in [-0.39, 0.29) is 11.7 Å². The quantitative estimate of drug-likeness (QED) is 0.736.